The summed E-state index contributed by atoms with van der Waals surface area (Å²) in [5.41, 5.74) is 7.49. The van der Waals surface area contributed by atoms with Gasteiger partial charge in [-0.15, -0.1) is 0 Å². The van der Waals surface area contributed by atoms with Gasteiger partial charge in [0.25, 0.3) is 0 Å². The molecule has 0 bridgehead atoms. The van der Waals surface area contributed by atoms with Crippen LogP contribution in [-0.4, -0.2) is 15.7 Å². The first-order chi connectivity index (χ1) is 9.90. The van der Waals surface area contributed by atoms with E-state index in [4.69, 9.17) is 0 Å². The maximum absolute atomic E-state index is 4.63. The maximum Gasteiger partial charge on any atom is 0.131 e. The normalized spacial score (nSPS) is 18.0. The van der Waals surface area contributed by atoms with E-state index in [0.29, 0.717) is 0 Å². The van der Waals surface area contributed by atoms with Crippen LogP contribution < -0.4 is 5.43 Å². The molecule has 2 N–H and O–H groups in total. The van der Waals surface area contributed by atoms with Crippen LogP contribution in [0.2, 0.25) is 0 Å². The second kappa shape index (κ2) is 4.49. The molecule has 1 aromatic heterocycles. The first-order valence-corrected chi connectivity index (χ1v) is 6.72. The summed E-state index contributed by atoms with van der Waals surface area (Å²) in [5, 5.41) is 4.44. The van der Waals surface area contributed by atoms with Gasteiger partial charge >= 0.3 is 0 Å². The molecule has 4 rings (SSSR count). The van der Waals surface area contributed by atoms with E-state index in [2.05, 4.69) is 32.6 Å². The van der Waals surface area contributed by atoms with Gasteiger partial charge in [-0.3, -0.25) is 5.43 Å². The number of para-hydroxylation sites is 2. The van der Waals surface area contributed by atoms with E-state index in [0.717, 1.165) is 29.0 Å². The highest BCUT2D eigenvalue weighted by atomic mass is 15.3. The molecular formula is C16H14N4. The van der Waals surface area contributed by atoms with E-state index >= 15 is 0 Å². The maximum atomic E-state index is 4.63. The van der Waals surface area contributed by atoms with Crippen molar-refractivity contribution in [2.24, 2.45) is 5.10 Å². The molecule has 20 heavy (non-hydrogen) atoms. The predicted octanol–water partition coefficient (Wildman–Crippen LogP) is 3.00. The van der Waals surface area contributed by atoms with Gasteiger partial charge in [-0.25, -0.2) is 4.98 Å². The minimum absolute atomic E-state index is 0.123. The average Bonchev–Trinajstić information content (AvgIpc) is 3.14. The minimum atomic E-state index is 0.123. The molecule has 0 amide bonds. The van der Waals surface area contributed by atoms with Crippen molar-refractivity contribution in [1.82, 2.24) is 15.4 Å². The lowest BCUT2D eigenvalue weighted by Crippen LogP contribution is -2.11. The van der Waals surface area contributed by atoms with Crippen molar-refractivity contribution < 1.29 is 0 Å². The van der Waals surface area contributed by atoms with E-state index in [1.165, 1.54) is 5.56 Å². The van der Waals surface area contributed by atoms with Crippen LogP contribution in [0, 0.1) is 0 Å². The highest BCUT2D eigenvalue weighted by Crippen LogP contribution is 2.24. The van der Waals surface area contributed by atoms with Gasteiger partial charge in [0, 0.05) is 6.42 Å². The fourth-order valence-electron chi connectivity index (χ4n) is 2.55. The molecule has 0 saturated heterocycles. The number of aromatic nitrogens is 2. The number of fused-ring (bicyclic) bond motifs is 1. The Hall–Kier alpha value is -2.62. The Morgan fingerprint density at radius 1 is 0.950 bits per heavy atom. The van der Waals surface area contributed by atoms with Crippen LogP contribution in [0.1, 0.15) is 23.9 Å². The molecule has 1 aliphatic rings. The summed E-state index contributed by atoms with van der Waals surface area (Å²) in [6.45, 7) is 0. The van der Waals surface area contributed by atoms with Crippen LogP contribution in [0.5, 0.6) is 0 Å². The van der Waals surface area contributed by atoms with Crippen LogP contribution in [0.4, 0.5) is 0 Å². The molecule has 1 unspecified atom stereocenters. The molecular weight excluding hydrogens is 248 g/mol. The lowest BCUT2D eigenvalue weighted by molar-refractivity contribution is 0.591. The highest BCUT2D eigenvalue weighted by molar-refractivity contribution is 6.01. The van der Waals surface area contributed by atoms with Gasteiger partial charge in [0.15, 0.2) is 0 Å². The summed E-state index contributed by atoms with van der Waals surface area (Å²) in [5.74, 6) is 0.945. The number of rotatable bonds is 2. The quantitative estimate of drug-likeness (QED) is 0.746. The Kier molecular flexibility index (Phi) is 2.52. The van der Waals surface area contributed by atoms with Crippen molar-refractivity contribution in [3.63, 3.8) is 0 Å². The van der Waals surface area contributed by atoms with E-state index in [1.807, 2.05) is 42.5 Å². The molecule has 1 aliphatic heterocycles. The highest BCUT2D eigenvalue weighted by Gasteiger charge is 2.23. The Morgan fingerprint density at radius 3 is 2.60 bits per heavy atom. The van der Waals surface area contributed by atoms with Crippen molar-refractivity contribution in [1.29, 1.82) is 0 Å². The van der Waals surface area contributed by atoms with Gasteiger partial charge in [0.05, 0.1) is 16.7 Å². The zero-order chi connectivity index (χ0) is 13.4. The average molecular weight is 262 g/mol. The summed E-state index contributed by atoms with van der Waals surface area (Å²) in [6, 6.07) is 18.4. The Balaban J connectivity index is 1.60. The lowest BCUT2D eigenvalue weighted by atomic mass is 10.0. The van der Waals surface area contributed by atoms with E-state index in [9.17, 15) is 0 Å². The van der Waals surface area contributed by atoms with Gasteiger partial charge in [0.1, 0.15) is 11.9 Å². The molecule has 3 aromatic rings. The summed E-state index contributed by atoms with van der Waals surface area (Å²) >= 11 is 0. The number of aromatic amines is 1. The van der Waals surface area contributed by atoms with Crippen molar-refractivity contribution in [2.75, 3.05) is 0 Å². The fourth-order valence-corrected chi connectivity index (χ4v) is 2.55. The number of nitrogens with one attached hydrogen (secondary N) is 2. The van der Waals surface area contributed by atoms with Gasteiger partial charge in [0.2, 0.25) is 0 Å². The standard InChI is InChI=1S/C16H14N4/c1-2-6-11(7-3-1)14-10-15(20-19-14)16-17-12-8-4-5-9-13(12)18-16/h1-9,15,20H,10H2,(H,17,18). The van der Waals surface area contributed by atoms with Crippen molar-refractivity contribution in [3.05, 3.63) is 66.0 Å². The summed E-state index contributed by atoms with van der Waals surface area (Å²) < 4.78 is 0. The smallest absolute Gasteiger partial charge is 0.131 e. The molecule has 1 atom stereocenters. The number of hydrogen-bond acceptors (Lipinski definition) is 3. The van der Waals surface area contributed by atoms with Crippen LogP contribution in [0.15, 0.2) is 59.7 Å². The van der Waals surface area contributed by atoms with Crippen LogP contribution in [0.25, 0.3) is 11.0 Å². The number of benzene rings is 2. The third kappa shape index (κ3) is 1.86. The molecule has 4 heteroatoms. The topological polar surface area (TPSA) is 53.1 Å². The zero-order valence-corrected chi connectivity index (χ0v) is 10.9. The van der Waals surface area contributed by atoms with Gasteiger partial charge in [-0.1, -0.05) is 42.5 Å². The lowest BCUT2D eigenvalue weighted by Gasteiger charge is -2.05. The van der Waals surface area contributed by atoms with Gasteiger partial charge in [-0.05, 0) is 17.7 Å². The largest absolute Gasteiger partial charge is 0.340 e. The minimum Gasteiger partial charge on any atom is -0.340 e. The molecule has 0 saturated carbocycles. The Labute approximate surface area is 116 Å². The SMILES string of the molecule is c1ccc(C2=NNC(c3nc4ccccc4[nH]3)C2)cc1. The monoisotopic (exact) mass is 262 g/mol. The Bertz CT molecular complexity index is 740. The summed E-state index contributed by atoms with van der Waals surface area (Å²) in [6.07, 6.45) is 0.851. The predicted molar refractivity (Wildman–Crippen MR) is 79.6 cm³/mol. The van der Waals surface area contributed by atoms with E-state index in [1.54, 1.807) is 0 Å². The van der Waals surface area contributed by atoms with Crippen LogP contribution in [0.3, 0.4) is 0 Å². The van der Waals surface area contributed by atoms with E-state index in [-0.39, 0.29) is 6.04 Å². The van der Waals surface area contributed by atoms with Crippen molar-refractivity contribution >= 4 is 16.7 Å². The second-order valence-electron chi connectivity index (χ2n) is 4.95. The molecule has 0 fully saturated rings. The first-order valence-electron chi connectivity index (χ1n) is 6.72. The number of hydrazone groups is 1. The molecule has 2 aromatic carbocycles. The number of nitrogens with zero attached hydrogens (tertiary/aromatic N) is 2. The summed E-state index contributed by atoms with van der Waals surface area (Å²) in [4.78, 5) is 7.99. The third-order valence-corrected chi connectivity index (χ3v) is 3.60. The molecule has 98 valence electrons. The molecule has 0 aliphatic carbocycles. The van der Waals surface area contributed by atoms with Gasteiger partial charge < -0.3 is 4.98 Å². The number of imidazole rings is 1. The second-order valence-corrected chi connectivity index (χ2v) is 4.95. The van der Waals surface area contributed by atoms with Crippen LogP contribution >= 0.6 is 0 Å². The zero-order valence-electron chi connectivity index (χ0n) is 10.9. The van der Waals surface area contributed by atoms with Crippen molar-refractivity contribution in [2.45, 2.75) is 12.5 Å². The Morgan fingerprint density at radius 2 is 1.75 bits per heavy atom. The molecule has 0 spiro atoms. The number of hydrogen-bond donors (Lipinski definition) is 2. The van der Waals surface area contributed by atoms with E-state index < -0.39 is 0 Å². The van der Waals surface area contributed by atoms with Crippen molar-refractivity contribution in [3.8, 4) is 0 Å². The molecule has 2 heterocycles. The third-order valence-electron chi connectivity index (χ3n) is 3.60. The van der Waals surface area contributed by atoms with Crippen LogP contribution in [-0.2, 0) is 0 Å². The molecule has 0 radical (unpaired) electrons. The molecule has 4 nitrogen and oxygen atoms in total. The fraction of sp³-hybridized carbons (Fsp3) is 0.125. The first kappa shape index (κ1) is 11.2. The number of H-pyrrole nitrogens is 1. The summed E-state index contributed by atoms with van der Waals surface area (Å²) in [7, 11) is 0. The van der Waals surface area contributed by atoms with Gasteiger partial charge in [-0.2, -0.15) is 5.10 Å².